The molecule has 1 aliphatic heterocycles. The maximum atomic E-state index is 13.4. The van der Waals surface area contributed by atoms with E-state index in [2.05, 4.69) is 57.3 Å². The molecule has 1 atom stereocenters. The SMILES string of the molecule is CC1(c2ccccc2)CN(c2ccc(F)c(Br)c2)CCN1. The zero-order valence-corrected chi connectivity index (χ0v) is 13.5. The molecule has 0 spiro atoms. The molecule has 4 heteroatoms. The molecule has 2 nitrogen and oxygen atoms in total. The van der Waals surface area contributed by atoms with Gasteiger partial charge >= 0.3 is 0 Å². The summed E-state index contributed by atoms with van der Waals surface area (Å²) in [6.07, 6.45) is 0. The van der Waals surface area contributed by atoms with Crippen molar-refractivity contribution in [1.29, 1.82) is 0 Å². The Kier molecular flexibility index (Phi) is 4.00. The molecule has 110 valence electrons. The highest BCUT2D eigenvalue weighted by Crippen LogP contribution is 2.29. The van der Waals surface area contributed by atoms with Crippen LogP contribution in [0.3, 0.4) is 0 Å². The minimum Gasteiger partial charge on any atom is -0.368 e. The number of nitrogens with zero attached hydrogens (tertiary/aromatic N) is 1. The van der Waals surface area contributed by atoms with Crippen molar-refractivity contribution in [3.8, 4) is 0 Å². The Hall–Kier alpha value is -1.39. The van der Waals surface area contributed by atoms with Crippen LogP contribution in [-0.2, 0) is 5.54 Å². The lowest BCUT2D eigenvalue weighted by Gasteiger charge is -2.43. The van der Waals surface area contributed by atoms with Crippen LogP contribution in [0.15, 0.2) is 53.0 Å². The van der Waals surface area contributed by atoms with Gasteiger partial charge in [0.15, 0.2) is 0 Å². The third-order valence-electron chi connectivity index (χ3n) is 4.08. The summed E-state index contributed by atoms with van der Waals surface area (Å²) in [6, 6.07) is 15.7. The second-order valence-corrected chi connectivity index (χ2v) is 6.50. The first-order valence-electron chi connectivity index (χ1n) is 7.09. The van der Waals surface area contributed by atoms with E-state index in [4.69, 9.17) is 0 Å². The monoisotopic (exact) mass is 348 g/mol. The Bertz CT molecular complexity index is 632. The largest absolute Gasteiger partial charge is 0.368 e. The number of hydrogen-bond donors (Lipinski definition) is 1. The maximum absolute atomic E-state index is 13.4. The number of anilines is 1. The Morgan fingerprint density at radius 1 is 1.19 bits per heavy atom. The van der Waals surface area contributed by atoms with Crippen LogP contribution in [0.2, 0.25) is 0 Å². The highest BCUT2D eigenvalue weighted by atomic mass is 79.9. The molecule has 0 saturated carbocycles. The molecule has 1 fully saturated rings. The van der Waals surface area contributed by atoms with Gasteiger partial charge in [-0.25, -0.2) is 4.39 Å². The summed E-state index contributed by atoms with van der Waals surface area (Å²) in [5.41, 5.74) is 2.23. The molecule has 0 radical (unpaired) electrons. The molecule has 1 saturated heterocycles. The molecular weight excluding hydrogens is 331 g/mol. The van der Waals surface area contributed by atoms with E-state index in [1.807, 2.05) is 18.2 Å². The highest BCUT2D eigenvalue weighted by Gasteiger charge is 2.32. The second kappa shape index (κ2) is 5.78. The Morgan fingerprint density at radius 2 is 1.95 bits per heavy atom. The fourth-order valence-electron chi connectivity index (χ4n) is 2.88. The third-order valence-corrected chi connectivity index (χ3v) is 4.69. The van der Waals surface area contributed by atoms with E-state index in [9.17, 15) is 4.39 Å². The number of benzene rings is 2. The van der Waals surface area contributed by atoms with Gasteiger partial charge in [-0.2, -0.15) is 0 Å². The Morgan fingerprint density at radius 3 is 2.67 bits per heavy atom. The second-order valence-electron chi connectivity index (χ2n) is 5.64. The lowest BCUT2D eigenvalue weighted by molar-refractivity contribution is 0.332. The normalized spacial score (nSPS) is 22.3. The first kappa shape index (κ1) is 14.5. The molecule has 0 bridgehead atoms. The van der Waals surface area contributed by atoms with Crippen LogP contribution >= 0.6 is 15.9 Å². The number of hydrogen-bond acceptors (Lipinski definition) is 2. The molecule has 2 aromatic rings. The average molecular weight is 349 g/mol. The van der Waals surface area contributed by atoms with E-state index in [1.54, 1.807) is 0 Å². The Labute approximate surface area is 133 Å². The van der Waals surface area contributed by atoms with Crippen molar-refractivity contribution < 1.29 is 4.39 Å². The summed E-state index contributed by atoms with van der Waals surface area (Å²) >= 11 is 3.27. The van der Waals surface area contributed by atoms with Gasteiger partial charge in [0.05, 0.1) is 10.0 Å². The molecule has 0 aromatic heterocycles. The average Bonchev–Trinajstić information content (AvgIpc) is 2.51. The fourth-order valence-corrected chi connectivity index (χ4v) is 3.25. The van der Waals surface area contributed by atoms with Crippen molar-refractivity contribution >= 4 is 21.6 Å². The van der Waals surface area contributed by atoms with E-state index < -0.39 is 0 Å². The van der Waals surface area contributed by atoms with Gasteiger partial charge in [0.25, 0.3) is 0 Å². The number of rotatable bonds is 2. The van der Waals surface area contributed by atoms with E-state index in [-0.39, 0.29) is 11.4 Å². The lowest BCUT2D eigenvalue weighted by Crippen LogP contribution is -2.56. The molecule has 0 amide bonds. The van der Waals surface area contributed by atoms with E-state index in [1.165, 1.54) is 11.6 Å². The van der Waals surface area contributed by atoms with Crippen LogP contribution in [0.5, 0.6) is 0 Å². The topological polar surface area (TPSA) is 15.3 Å². The first-order chi connectivity index (χ1) is 10.1. The smallest absolute Gasteiger partial charge is 0.137 e. The molecule has 1 unspecified atom stereocenters. The van der Waals surface area contributed by atoms with Gasteiger partial charge in [0.1, 0.15) is 5.82 Å². The molecule has 1 heterocycles. The van der Waals surface area contributed by atoms with E-state index in [0.29, 0.717) is 4.47 Å². The first-order valence-corrected chi connectivity index (χ1v) is 7.88. The van der Waals surface area contributed by atoms with Crippen LogP contribution in [0.25, 0.3) is 0 Å². The summed E-state index contributed by atoms with van der Waals surface area (Å²) in [4.78, 5) is 2.30. The van der Waals surface area contributed by atoms with Gasteiger partial charge in [0, 0.05) is 25.3 Å². The van der Waals surface area contributed by atoms with Crippen LogP contribution in [0, 0.1) is 5.82 Å². The van der Waals surface area contributed by atoms with Crippen molar-refractivity contribution in [2.75, 3.05) is 24.5 Å². The fraction of sp³-hybridized carbons (Fsp3) is 0.294. The van der Waals surface area contributed by atoms with Crippen molar-refractivity contribution in [1.82, 2.24) is 5.32 Å². The molecular formula is C17H18BrFN2. The van der Waals surface area contributed by atoms with Gasteiger partial charge in [-0.3, -0.25) is 0 Å². The predicted octanol–water partition coefficient (Wildman–Crippen LogP) is 3.91. The summed E-state index contributed by atoms with van der Waals surface area (Å²) in [6.45, 7) is 4.89. The molecule has 1 N–H and O–H groups in total. The molecule has 0 aliphatic carbocycles. The Balaban J connectivity index is 1.87. The van der Waals surface area contributed by atoms with Gasteiger partial charge in [-0.1, -0.05) is 30.3 Å². The predicted molar refractivity (Wildman–Crippen MR) is 88.1 cm³/mol. The van der Waals surface area contributed by atoms with E-state index >= 15 is 0 Å². The molecule has 21 heavy (non-hydrogen) atoms. The van der Waals surface area contributed by atoms with E-state index in [0.717, 1.165) is 25.3 Å². The van der Waals surface area contributed by atoms with Crippen molar-refractivity contribution in [3.63, 3.8) is 0 Å². The summed E-state index contributed by atoms with van der Waals surface area (Å²) < 4.78 is 13.9. The zero-order chi connectivity index (χ0) is 14.9. The van der Waals surface area contributed by atoms with Gasteiger partial charge in [0.2, 0.25) is 0 Å². The maximum Gasteiger partial charge on any atom is 0.137 e. The summed E-state index contributed by atoms with van der Waals surface area (Å²) in [5, 5.41) is 3.61. The molecule has 1 aliphatic rings. The quantitative estimate of drug-likeness (QED) is 0.884. The van der Waals surface area contributed by atoms with Gasteiger partial charge in [-0.15, -0.1) is 0 Å². The van der Waals surface area contributed by atoms with Crippen LogP contribution in [-0.4, -0.2) is 19.6 Å². The number of halogens is 2. The molecule has 3 rings (SSSR count). The van der Waals surface area contributed by atoms with Gasteiger partial charge < -0.3 is 10.2 Å². The summed E-state index contributed by atoms with van der Waals surface area (Å²) in [7, 11) is 0. The standard InChI is InChI=1S/C17H18BrFN2/c1-17(13-5-3-2-4-6-13)12-21(10-9-20-17)14-7-8-16(19)15(18)11-14/h2-8,11,20H,9-10,12H2,1H3. The summed E-state index contributed by atoms with van der Waals surface area (Å²) in [5.74, 6) is -0.222. The highest BCUT2D eigenvalue weighted by molar-refractivity contribution is 9.10. The molecule has 2 aromatic carbocycles. The van der Waals surface area contributed by atoms with Crippen LogP contribution < -0.4 is 10.2 Å². The minimum absolute atomic E-state index is 0.0969. The van der Waals surface area contributed by atoms with Crippen LogP contribution in [0.1, 0.15) is 12.5 Å². The third kappa shape index (κ3) is 2.97. The van der Waals surface area contributed by atoms with Crippen molar-refractivity contribution in [3.05, 3.63) is 64.4 Å². The van der Waals surface area contributed by atoms with Crippen LogP contribution in [0.4, 0.5) is 10.1 Å². The van der Waals surface area contributed by atoms with Crippen molar-refractivity contribution in [2.45, 2.75) is 12.5 Å². The van der Waals surface area contributed by atoms with Gasteiger partial charge in [-0.05, 0) is 46.6 Å². The lowest BCUT2D eigenvalue weighted by atomic mass is 9.89. The number of piperazine rings is 1. The number of nitrogens with one attached hydrogen (secondary N) is 1. The zero-order valence-electron chi connectivity index (χ0n) is 11.9. The minimum atomic E-state index is -0.222. The van der Waals surface area contributed by atoms with Crippen molar-refractivity contribution in [2.24, 2.45) is 0 Å².